The molecule has 0 radical (unpaired) electrons. The molecular weight excluding hydrogens is 258 g/mol. The highest BCUT2D eigenvalue weighted by Crippen LogP contribution is 2.11. The summed E-state index contributed by atoms with van der Waals surface area (Å²) in [5, 5.41) is 13.7. The summed E-state index contributed by atoms with van der Waals surface area (Å²) in [5.41, 5.74) is 4.42. The maximum Gasteiger partial charge on any atom is 0.229 e. The van der Waals surface area contributed by atoms with Crippen molar-refractivity contribution in [2.24, 2.45) is 5.73 Å². The van der Waals surface area contributed by atoms with Gasteiger partial charge in [-0.15, -0.1) is 0 Å². The predicted molar refractivity (Wildman–Crippen MR) is 73.3 cm³/mol. The summed E-state index contributed by atoms with van der Waals surface area (Å²) < 4.78 is 10.6. The maximum atomic E-state index is 9.83. The molecule has 0 aliphatic heterocycles. The van der Waals surface area contributed by atoms with E-state index in [9.17, 15) is 5.11 Å². The molecule has 108 valence electrons. The Labute approximate surface area is 117 Å². The zero-order valence-corrected chi connectivity index (χ0v) is 11.5. The molecule has 1 aromatic heterocycles. The third kappa shape index (κ3) is 4.32. The second-order valence-electron chi connectivity index (χ2n) is 4.89. The minimum atomic E-state index is -1.02. The summed E-state index contributed by atoms with van der Waals surface area (Å²) in [5.74, 6) is 1.75. The lowest BCUT2D eigenvalue weighted by molar-refractivity contribution is 0.0610. The van der Waals surface area contributed by atoms with Crippen molar-refractivity contribution in [3.63, 3.8) is 0 Å². The molecule has 0 saturated carbocycles. The van der Waals surface area contributed by atoms with Gasteiger partial charge in [-0.1, -0.05) is 23.4 Å². The molecule has 1 aromatic carbocycles. The van der Waals surface area contributed by atoms with Gasteiger partial charge in [-0.25, -0.2) is 0 Å². The minimum Gasteiger partial charge on any atom is -0.493 e. The van der Waals surface area contributed by atoms with Crippen LogP contribution in [-0.4, -0.2) is 34.0 Å². The van der Waals surface area contributed by atoms with E-state index >= 15 is 0 Å². The van der Waals surface area contributed by atoms with E-state index in [1.54, 1.807) is 6.92 Å². The van der Waals surface area contributed by atoms with Gasteiger partial charge in [0.1, 0.15) is 5.75 Å². The molecule has 0 aliphatic rings. The first-order valence-corrected chi connectivity index (χ1v) is 6.51. The Balaban J connectivity index is 1.81. The highest BCUT2D eigenvalue weighted by molar-refractivity contribution is 5.20. The largest absolute Gasteiger partial charge is 0.493 e. The van der Waals surface area contributed by atoms with E-state index in [1.807, 2.05) is 30.3 Å². The summed E-state index contributed by atoms with van der Waals surface area (Å²) in [7, 11) is 0. The minimum absolute atomic E-state index is 0.141. The van der Waals surface area contributed by atoms with Crippen molar-refractivity contribution in [3.05, 3.63) is 42.0 Å². The van der Waals surface area contributed by atoms with Crippen LogP contribution in [0.2, 0.25) is 0 Å². The number of hydrogen-bond acceptors (Lipinski definition) is 6. The molecule has 0 aliphatic carbocycles. The van der Waals surface area contributed by atoms with E-state index in [0.29, 0.717) is 24.7 Å². The SMILES string of the molecule is CC(O)(CN)Cc1nc(CCOc2ccccc2)no1. The van der Waals surface area contributed by atoms with Crippen molar-refractivity contribution in [1.82, 2.24) is 10.1 Å². The predicted octanol–water partition coefficient (Wildman–Crippen LogP) is 0.943. The first-order valence-electron chi connectivity index (χ1n) is 6.51. The van der Waals surface area contributed by atoms with Crippen molar-refractivity contribution in [2.75, 3.05) is 13.2 Å². The molecule has 2 rings (SSSR count). The van der Waals surface area contributed by atoms with E-state index in [4.69, 9.17) is 15.0 Å². The fraction of sp³-hybridized carbons (Fsp3) is 0.429. The fourth-order valence-electron chi connectivity index (χ4n) is 1.64. The average Bonchev–Trinajstić information content (AvgIpc) is 2.87. The summed E-state index contributed by atoms with van der Waals surface area (Å²) in [4.78, 5) is 4.20. The number of ether oxygens (including phenoxy) is 1. The van der Waals surface area contributed by atoms with Crippen LogP contribution in [-0.2, 0) is 12.8 Å². The third-order valence-corrected chi connectivity index (χ3v) is 2.82. The van der Waals surface area contributed by atoms with E-state index in [2.05, 4.69) is 10.1 Å². The van der Waals surface area contributed by atoms with Gasteiger partial charge in [-0.2, -0.15) is 4.98 Å². The topological polar surface area (TPSA) is 94.4 Å². The molecule has 0 bridgehead atoms. The van der Waals surface area contributed by atoms with Gasteiger partial charge in [0.15, 0.2) is 5.82 Å². The third-order valence-electron chi connectivity index (χ3n) is 2.82. The fourth-order valence-corrected chi connectivity index (χ4v) is 1.64. The van der Waals surface area contributed by atoms with Gasteiger partial charge < -0.3 is 20.1 Å². The Morgan fingerprint density at radius 2 is 2.10 bits per heavy atom. The van der Waals surface area contributed by atoms with Crippen molar-refractivity contribution in [2.45, 2.75) is 25.4 Å². The zero-order valence-electron chi connectivity index (χ0n) is 11.5. The molecule has 0 fully saturated rings. The quantitative estimate of drug-likeness (QED) is 0.782. The normalized spacial score (nSPS) is 13.9. The molecule has 1 unspecified atom stereocenters. The van der Waals surface area contributed by atoms with Crippen LogP contribution in [0.5, 0.6) is 5.75 Å². The molecule has 0 saturated heterocycles. The van der Waals surface area contributed by atoms with Crippen LogP contribution >= 0.6 is 0 Å². The van der Waals surface area contributed by atoms with Crippen LogP contribution in [0.3, 0.4) is 0 Å². The number of nitrogens with zero attached hydrogens (tertiary/aromatic N) is 2. The molecule has 0 spiro atoms. The number of rotatable bonds is 7. The van der Waals surface area contributed by atoms with Gasteiger partial charge in [0.25, 0.3) is 0 Å². The average molecular weight is 277 g/mol. The van der Waals surface area contributed by atoms with E-state index in [-0.39, 0.29) is 13.0 Å². The summed E-state index contributed by atoms with van der Waals surface area (Å²) in [6.07, 6.45) is 0.791. The number of hydrogen-bond donors (Lipinski definition) is 2. The Hall–Kier alpha value is -1.92. The van der Waals surface area contributed by atoms with E-state index in [0.717, 1.165) is 5.75 Å². The second kappa shape index (κ2) is 6.49. The van der Waals surface area contributed by atoms with Gasteiger partial charge in [0.2, 0.25) is 5.89 Å². The van der Waals surface area contributed by atoms with Crippen LogP contribution in [0.1, 0.15) is 18.6 Å². The number of nitrogens with two attached hydrogens (primary N) is 1. The highest BCUT2D eigenvalue weighted by atomic mass is 16.5. The first-order chi connectivity index (χ1) is 9.59. The van der Waals surface area contributed by atoms with Crippen molar-refractivity contribution >= 4 is 0 Å². The monoisotopic (exact) mass is 277 g/mol. The molecule has 1 atom stereocenters. The summed E-state index contributed by atoms with van der Waals surface area (Å²) in [6.45, 7) is 2.24. The lowest BCUT2D eigenvalue weighted by Gasteiger charge is -2.17. The highest BCUT2D eigenvalue weighted by Gasteiger charge is 2.22. The second-order valence-corrected chi connectivity index (χ2v) is 4.89. The van der Waals surface area contributed by atoms with Crippen molar-refractivity contribution in [1.29, 1.82) is 0 Å². The Kier molecular flexibility index (Phi) is 4.70. The Morgan fingerprint density at radius 3 is 2.80 bits per heavy atom. The maximum absolute atomic E-state index is 9.83. The molecule has 20 heavy (non-hydrogen) atoms. The Bertz CT molecular complexity index is 525. The van der Waals surface area contributed by atoms with Gasteiger partial charge in [-0.3, -0.25) is 0 Å². The zero-order chi connectivity index (χ0) is 14.4. The number of aliphatic hydroxyl groups is 1. The van der Waals surface area contributed by atoms with E-state index in [1.165, 1.54) is 0 Å². The van der Waals surface area contributed by atoms with Crippen molar-refractivity contribution in [3.8, 4) is 5.75 Å². The van der Waals surface area contributed by atoms with Gasteiger partial charge in [-0.05, 0) is 19.1 Å². The lowest BCUT2D eigenvalue weighted by Crippen LogP contribution is -2.36. The smallest absolute Gasteiger partial charge is 0.229 e. The lowest BCUT2D eigenvalue weighted by atomic mass is 10.0. The van der Waals surface area contributed by atoms with Crippen molar-refractivity contribution < 1.29 is 14.4 Å². The van der Waals surface area contributed by atoms with Crippen LogP contribution in [0.25, 0.3) is 0 Å². The number of benzene rings is 1. The molecule has 3 N–H and O–H groups in total. The standard InChI is InChI=1S/C14H19N3O3/c1-14(18,10-15)9-13-16-12(17-20-13)7-8-19-11-5-3-2-4-6-11/h2-6,18H,7-10,15H2,1H3. The van der Waals surface area contributed by atoms with Crippen LogP contribution in [0.15, 0.2) is 34.9 Å². The van der Waals surface area contributed by atoms with Crippen LogP contribution < -0.4 is 10.5 Å². The molecule has 2 aromatic rings. The molecular formula is C14H19N3O3. The molecule has 1 heterocycles. The number of aromatic nitrogens is 2. The molecule has 6 heteroatoms. The summed E-state index contributed by atoms with van der Waals surface area (Å²) in [6, 6.07) is 9.54. The Morgan fingerprint density at radius 1 is 1.35 bits per heavy atom. The molecule has 0 amide bonds. The van der Waals surface area contributed by atoms with Crippen LogP contribution in [0.4, 0.5) is 0 Å². The van der Waals surface area contributed by atoms with Gasteiger partial charge in [0.05, 0.1) is 18.6 Å². The van der Waals surface area contributed by atoms with Gasteiger partial charge >= 0.3 is 0 Å². The number of para-hydroxylation sites is 1. The first kappa shape index (κ1) is 14.5. The van der Waals surface area contributed by atoms with E-state index < -0.39 is 5.60 Å². The van der Waals surface area contributed by atoms with Gasteiger partial charge in [0, 0.05) is 13.0 Å². The molecule has 6 nitrogen and oxygen atoms in total. The van der Waals surface area contributed by atoms with Crippen LogP contribution in [0, 0.1) is 0 Å². The summed E-state index contributed by atoms with van der Waals surface area (Å²) >= 11 is 0.